The van der Waals surface area contributed by atoms with Crippen molar-refractivity contribution in [2.45, 2.75) is 23.8 Å². The highest BCUT2D eigenvalue weighted by molar-refractivity contribution is 7.99. The zero-order valence-corrected chi connectivity index (χ0v) is 11.8. The maximum atomic E-state index is 12.2. The van der Waals surface area contributed by atoms with Gasteiger partial charge in [0.15, 0.2) is 0 Å². The molecule has 0 saturated carbocycles. The Kier molecular flexibility index (Phi) is 4.49. The minimum absolute atomic E-state index is 0.00275. The number of benzene rings is 1. The Labute approximate surface area is 116 Å². The first kappa shape index (κ1) is 14.4. The predicted octanol–water partition coefficient (Wildman–Crippen LogP) is 1.56. The van der Waals surface area contributed by atoms with Crippen molar-refractivity contribution in [3.05, 3.63) is 29.8 Å². The van der Waals surface area contributed by atoms with E-state index in [-0.39, 0.29) is 16.5 Å². The standard InChI is InChI=1S/C12H15NO4S2/c14-12(15)9-3-1-5-11(7-9)19(16,17)13-10-4-2-6-18-8-10/h1,3,5,7,10,13H,2,4,6,8H2,(H,14,15). The Morgan fingerprint density at radius 1 is 1.42 bits per heavy atom. The summed E-state index contributed by atoms with van der Waals surface area (Å²) in [5, 5.41) is 8.88. The molecule has 2 rings (SSSR count). The molecular weight excluding hydrogens is 286 g/mol. The fourth-order valence-electron chi connectivity index (χ4n) is 1.92. The number of hydrogen-bond donors (Lipinski definition) is 2. The van der Waals surface area contributed by atoms with Crippen LogP contribution in [-0.2, 0) is 10.0 Å². The molecule has 1 aliphatic rings. The lowest BCUT2D eigenvalue weighted by atomic mass is 10.2. The van der Waals surface area contributed by atoms with Crippen molar-refractivity contribution in [3.63, 3.8) is 0 Å². The van der Waals surface area contributed by atoms with Gasteiger partial charge in [-0.3, -0.25) is 0 Å². The van der Waals surface area contributed by atoms with Gasteiger partial charge in [-0.15, -0.1) is 0 Å². The summed E-state index contributed by atoms with van der Waals surface area (Å²) in [4.78, 5) is 10.9. The predicted molar refractivity (Wildman–Crippen MR) is 74.1 cm³/mol. The van der Waals surface area contributed by atoms with Crippen LogP contribution < -0.4 is 4.72 Å². The molecule has 1 fully saturated rings. The fourth-order valence-corrected chi connectivity index (χ4v) is 4.41. The van der Waals surface area contributed by atoms with Crippen LogP contribution in [0.2, 0.25) is 0 Å². The van der Waals surface area contributed by atoms with Crippen molar-refractivity contribution < 1.29 is 18.3 Å². The lowest BCUT2D eigenvalue weighted by Crippen LogP contribution is -2.38. The first-order valence-corrected chi connectivity index (χ1v) is 8.56. The monoisotopic (exact) mass is 301 g/mol. The maximum absolute atomic E-state index is 12.2. The van der Waals surface area contributed by atoms with Crippen molar-refractivity contribution in [1.29, 1.82) is 0 Å². The molecule has 1 aromatic carbocycles. The van der Waals surface area contributed by atoms with Gasteiger partial charge in [0.25, 0.3) is 0 Å². The fraction of sp³-hybridized carbons (Fsp3) is 0.417. The normalized spacial score (nSPS) is 20.1. The first-order chi connectivity index (χ1) is 8.99. The Morgan fingerprint density at radius 2 is 2.21 bits per heavy atom. The van der Waals surface area contributed by atoms with E-state index in [2.05, 4.69) is 4.72 Å². The lowest BCUT2D eigenvalue weighted by Gasteiger charge is -2.22. The molecule has 0 aromatic heterocycles. The number of thioether (sulfide) groups is 1. The third-order valence-electron chi connectivity index (χ3n) is 2.87. The highest BCUT2D eigenvalue weighted by Crippen LogP contribution is 2.19. The lowest BCUT2D eigenvalue weighted by molar-refractivity contribution is 0.0696. The van der Waals surface area contributed by atoms with Gasteiger partial charge < -0.3 is 5.11 Å². The van der Waals surface area contributed by atoms with Crippen LogP contribution in [0.5, 0.6) is 0 Å². The number of hydrogen-bond acceptors (Lipinski definition) is 4. The third kappa shape index (κ3) is 3.71. The van der Waals surface area contributed by atoms with E-state index in [0.717, 1.165) is 24.3 Å². The van der Waals surface area contributed by atoms with Gasteiger partial charge in [0.2, 0.25) is 10.0 Å². The molecule has 2 N–H and O–H groups in total. The molecular formula is C12H15NO4S2. The minimum Gasteiger partial charge on any atom is -0.478 e. The highest BCUT2D eigenvalue weighted by atomic mass is 32.2. The molecule has 1 saturated heterocycles. The van der Waals surface area contributed by atoms with Crippen molar-refractivity contribution in [1.82, 2.24) is 4.72 Å². The zero-order chi connectivity index (χ0) is 13.9. The summed E-state index contributed by atoms with van der Waals surface area (Å²) < 4.78 is 27.0. The molecule has 0 spiro atoms. The summed E-state index contributed by atoms with van der Waals surface area (Å²) in [6, 6.07) is 5.33. The first-order valence-electron chi connectivity index (χ1n) is 5.92. The van der Waals surface area contributed by atoms with Gasteiger partial charge in [-0.2, -0.15) is 11.8 Å². The smallest absolute Gasteiger partial charge is 0.335 e. The molecule has 1 atom stereocenters. The summed E-state index contributed by atoms with van der Waals surface area (Å²) in [5.74, 6) is 0.690. The number of rotatable bonds is 4. The molecule has 0 aliphatic carbocycles. The second-order valence-corrected chi connectivity index (χ2v) is 7.23. The minimum atomic E-state index is -3.64. The SMILES string of the molecule is O=C(O)c1cccc(S(=O)(=O)NC2CCCSC2)c1. The van der Waals surface area contributed by atoms with Crippen molar-refractivity contribution in [2.75, 3.05) is 11.5 Å². The van der Waals surface area contributed by atoms with Crippen LogP contribution >= 0.6 is 11.8 Å². The zero-order valence-electron chi connectivity index (χ0n) is 10.2. The van der Waals surface area contributed by atoms with Gasteiger partial charge in [-0.1, -0.05) is 6.07 Å². The number of sulfonamides is 1. The number of nitrogens with one attached hydrogen (secondary N) is 1. The van der Waals surface area contributed by atoms with E-state index in [4.69, 9.17) is 5.11 Å². The van der Waals surface area contributed by atoms with Gasteiger partial charge in [-0.05, 0) is 36.8 Å². The van der Waals surface area contributed by atoms with Crippen molar-refractivity contribution >= 4 is 27.8 Å². The van der Waals surface area contributed by atoms with Crippen LogP contribution in [0.25, 0.3) is 0 Å². The maximum Gasteiger partial charge on any atom is 0.335 e. The number of aromatic carboxylic acids is 1. The van der Waals surface area contributed by atoms with Gasteiger partial charge in [0, 0.05) is 11.8 Å². The van der Waals surface area contributed by atoms with Gasteiger partial charge >= 0.3 is 5.97 Å². The van der Waals surface area contributed by atoms with Crippen LogP contribution in [0.1, 0.15) is 23.2 Å². The van der Waals surface area contributed by atoms with Gasteiger partial charge in [0.1, 0.15) is 0 Å². The van der Waals surface area contributed by atoms with E-state index >= 15 is 0 Å². The average Bonchev–Trinajstić information content (AvgIpc) is 2.39. The summed E-state index contributed by atoms with van der Waals surface area (Å²) in [7, 11) is -3.64. The van der Waals surface area contributed by atoms with Crippen LogP contribution in [0.15, 0.2) is 29.2 Å². The summed E-state index contributed by atoms with van der Waals surface area (Å²) in [6.45, 7) is 0. The molecule has 1 unspecified atom stereocenters. The van der Waals surface area contributed by atoms with Gasteiger partial charge in [-0.25, -0.2) is 17.9 Å². The van der Waals surface area contributed by atoms with Crippen LogP contribution in [0.3, 0.4) is 0 Å². The largest absolute Gasteiger partial charge is 0.478 e. The number of carboxylic acid groups (broad SMARTS) is 1. The Hall–Kier alpha value is -1.05. The average molecular weight is 301 g/mol. The van der Waals surface area contributed by atoms with E-state index in [1.54, 1.807) is 11.8 Å². The van der Waals surface area contributed by atoms with E-state index in [0.29, 0.717) is 0 Å². The number of carbonyl (C=O) groups is 1. The molecule has 19 heavy (non-hydrogen) atoms. The summed E-state index contributed by atoms with van der Waals surface area (Å²) in [6.07, 6.45) is 1.82. The van der Waals surface area contributed by atoms with Crippen LogP contribution in [-0.4, -0.2) is 37.0 Å². The molecule has 5 nitrogen and oxygen atoms in total. The quantitative estimate of drug-likeness (QED) is 0.881. The van der Waals surface area contributed by atoms with E-state index in [9.17, 15) is 13.2 Å². The molecule has 7 heteroatoms. The van der Waals surface area contributed by atoms with E-state index < -0.39 is 16.0 Å². The molecule has 0 amide bonds. The Balaban J connectivity index is 2.18. The van der Waals surface area contributed by atoms with Crippen LogP contribution in [0.4, 0.5) is 0 Å². The van der Waals surface area contributed by atoms with Gasteiger partial charge in [0.05, 0.1) is 10.5 Å². The van der Waals surface area contributed by atoms with Crippen molar-refractivity contribution in [2.24, 2.45) is 0 Å². The molecule has 0 bridgehead atoms. The second kappa shape index (κ2) is 5.94. The molecule has 1 aliphatic heterocycles. The third-order valence-corrected chi connectivity index (χ3v) is 5.61. The molecule has 1 heterocycles. The molecule has 104 valence electrons. The molecule has 1 aromatic rings. The molecule has 0 radical (unpaired) electrons. The Bertz CT molecular complexity index is 565. The topological polar surface area (TPSA) is 83.5 Å². The van der Waals surface area contributed by atoms with Crippen molar-refractivity contribution in [3.8, 4) is 0 Å². The highest BCUT2D eigenvalue weighted by Gasteiger charge is 2.22. The van der Waals surface area contributed by atoms with E-state index in [1.807, 2.05) is 0 Å². The van der Waals surface area contributed by atoms with E-state index in [1.165, 1.54) is 24.3 Å². The number of carboxylic acids is 1. The summed E-state index contributed by atoms with van der Waals surface area (Å²) >= 11 is 1.73. The van der Waals surface area contributed by atoms with Crippen LogP contribution in [0, 0.1) is 0 Å². The summed E-state index contributed by atoms with van der Waals surface area (Å²) in [5.41, 5.74) is -0.0269. The Morgan fingerprint density at radius 3 is 2.84 bits per heavy atom. The second-order valence-electron chi connectivity index (χ2n) is 4.37.